The van der Waals surface area contributed by atoms with Crippen molar-refractivity contribution in [3.63, 3.8) is 0 Å². The Morgan fingerprint density at radius 1 is 1.33 bits per heavy atom. The number of thiophene rings is 1. The summed E-state index contributed by atoms with van der Waals surface area (Å²) in [6.45, 7) is 1.76. The van der Waals surface area contributed by atoms with Crippen molar-refractivity contribution in [3.8, 4) is 0 Å². The van der Waals surface area contributed by atoms with Gasteiger partial charge in [-0.2, -0.15) is 13.2 Å². The number of benzene rings is 1. The number of halogens is 4. The first-order valence-corrected chi connectivity index (χ1v) is 7.33. The number of hydrogen-bond donors (Lipinski definition) is 2. The minimum absolute atomic E-state index is 0.0696. The molecule has 0 saturated heterocycles. The van der Waals surface area contributed by atoms with Crippen molar-refractivity contribution in [3.05, 3.63) is 44.1 Å². The normalized spacial score (nSPS) is 11.5. The number of amides is 1. The summed E-state index contributed by atoms with van der Waals surface area (Å²) in [5, 5.41) is 2.43. The quantitative estimate of drug-likeness (QED) is 0.797. The van der Waals surface area contributed by atoms with Gasteiger partial charge in [0.15, 0.2) is 0 Å². The van der Waals surface area contributed by atoms with Gasteiger partial charge < -0.3 is 11.1 Å². The fourth-order valence-electron chi connectivity index (χ4n) is 1.62. The highest BCUT2D eigenvalue weighted by atomic mass is 79.9. The van der Waals surface area contributed by atoms with Crippen molar-refractivity contribution in [1.29, 1.82) is 0 Å². The van der Waals surface area contributed by atoms with Gasteiger partial charge in [-0.1, -0.05) is 15.9 Å². The number of alkyl halides is 3. The van der Waals surface area contributed by atoms with Crippen LogP contribution < -0.4 is 11.1 Å². The molecule has 0 fully saturated rings. The number of carbonyl (C=O) groups excluding carboxylic acids is 1. The average Bonchev–Trinajstić information content (AvgIpc) is 2.71. The van der Waals surface area contributed by atoms with E-state index in [0.717, 1.165) is 10.9 Å². The fourth-order valence-corrected chi connectivity index (χ4v) is 2.93. The van der Waals surface area contributed by atoms with E-state index in [4.69, 9.17) is 5.73 Å². The molecule has 0 radical (unpaired) electrons. The number of hydrogen-bond acceptors (Lipinski definition) is 3. The highest BCUT2D eigenvalue weighted by molar-refractivity contribution is 9.10. The molecule has 2 rings (SSSR count). The zero-order chi connectivity index (χ0) is 15.8. The lowest BCUT2D eigenvalue weighted by Gasteiger charge is -2.11. The summed E-state index contributed by atoms with van der Waals surface area (Å²) >= 11 is 4.03. The molecule has 2 aromatic rings. The van der Waals surface area contributed by atoms with Gasteiger partial charge in [0, 0.05) is 20.7 Å². The number of anilines is 2. The highest BCUT2D eigenvalue weighted by Gasteiger charge is 2.33. The second-order valence-electron chi connectivity index (χ2n) is 4.27. The number of aryl methyl sites for hydroxylation is 1. The first-order chi connectivity index (χ1) is 9.68. The van der Waals surface area contributed by atoms with Gasteiger partial charge in [0.05, 0.1) is 10.4 Å². The van der Waals surface area contributed by atoms with Crippen LogP contribution in [0.4, 0.5) is 24.5 Å². The average molecular weight is 379 g/mol. The van der Waals surface area contributed by atoms with Gasteiger partial charge in [-0.3, -0.25) is 4.79 Å². The molecule has 8 heteroatoms. The Labute approximate surface area is 131 Å². The molecule has 0 aliphatic rings. The van der Waals surface area contributed by atoms with Gasteiger partial charge >= 0.3 is 6.18 Å². The van der Waals surface area contributed by atoms with E-state index in [1.165, 1.54) is 29.5 Å². The van der Waals surface area contributed by atoms with Crippen LogP contribution >= 0.6 is 27.3 Å². The standard InChI is InChI=1S/C13H10BrF3N2OS/c1-6-10(18)5-11(21-6)12(20)19-7-2-3-9(14)8(4-7)13(15,16)17/h2-5H,18H2,1H3,(H,19,20). The molecule has 0 aliphatic heterocycles. The summed E-state index contributed by atoms with van der Waals surface area (Å²) in [6, 6.07) is 5.01. The third-order valence-corrected chi connectivity index (χ3v) is 4.47. The predicted octanol–water partition coefficient (Wildman–Crippen LogP) is 4.67. The Morgan fingerprint density at radius 2 is 2.00 bits per heavy atom. The van der Waals surface area contributed by atoms with Gasteiger partial charge in [-0.15, -0.1) is 11.3 Å². The zero-order valence-corrected chi connectivity index (χ0v) is 13.1. The molecule has 21 heavy (non-hydrogen) atoms. The van der Waals surface area contributed by atoms with E-state index < -0.39 is 17.6 Å². The fraction of sp³-hybridized carbons (Fsp3) is 0.154. The van der Waals surface area contributed by atoms with Crippen molar-refractivity contribution in [2.75, 3.05) is 11.1 Å². The lowest BCUT2D eigenvalue weighted by molar-refractivity contribution is -0.138. The number of nitrogens with two attached hydrogens (primary N) is 1. The molecular weight excluding hydrogens is 369 g/mol. The second-order valence-corrected chi connectivity index (χ2v) is 6.38. The summed E-state index contributed by atoms with van der Waals surface area (Å²) < 4.78 is 38.3. The lowest BCUT2D eigenvalue weighted by atomic mass is 10.2. The summed E-state index contributed by atoms with van der Waals surface area (Å²) in [4.78, 5) is 13.1. The maximum absolute atomic E-state index is 12.8. The molecule has 3 N–H and O–H groups in total. The third kappa shape index (κ3) is 3.56. The first-order valence-electron chi connectivity index (χ1n) is 5.72. The van der Waals surface area contributed by atoms with E-state index in [1.807, 2.05) is 0 Å². The van der Waals surface area contributed by atoms with Gasteiger partial charge in [0.1, 0.15) is 0 Å². The van der Waals surface area contributed by atoms with E-state index in [2.05, 4.69) is 21.2 Å². The van der Waals surface area contributed by atoms with Crippen LogP contribution in [0.1, 0.15) is 20.1 Å². The molecule has 0 unspecified atom stereocenters. The Balaban J connectivity index is 2.26. The second kappa shape index (κ2) is 5.69. The van der Waals surface area contributed by atoms with Crippen LogP contribution in [-0.2, 0) is 6.18 Å². The number of rotatable bonds is 2. The zero-order valence-electron chi connectivity index (χ0n) is 10.7. The van der Waals surface area contributed by atoms with E-state index in [9.17, 15) is 18.0 Å². The van der Waals surface area contributed by atoms with Crippen LogP contribution in [0.3, 0.4) is 0 Å². The maximum Gasteiger partial charge on any atom is 0.417 e. The minimum Gasteiger partial charge on any atom is -0.398 e. The Kier molecular flexibility index (Phi) is 4.29. The minimum atomic E-state index is -4.50. The van der Waals surface area contributed by atoms with E-state index in [0.29, 0.717) is 10.6 Å². The molecule has 1 aromatic heterocycles. The number of nitrogen functional groups attached to an aromatic ring is 1. The largest absolute Gasteiger partial charge is 0.417 e. The van der Waals surface area contributed by atoms with Crippen LogP contribution in [0, 0.1) is 6.92 Å². The van der Waals surface area contributed by atoms with Crippen molar-refractivity contribution in [1.82, 2.24) is 0 Å². The third-order valence-electron chi connectivity index (χ3n) is 2.71. The monoisotopic (exact) mass is 378 g/mol. The van der Waals surface area contributed by atoms with E-state index in [1.54, 1.807) is 6.92 Å². The van der Waals surface area contributed by atoms with Crippen molar-refractivity contribution in [2.45, 2.75) is 13.1 Å². The molecule has 1 heterocycles. The summed E-state index contributed by atoms with van der Waals surface area (Å²) in [5.41, 5.74) is 5.36. The van der Waals surface area contributed by atoms with Crippen molar-refractivity contribution in [2.24, 2.45) is 0 Å². The van der Waals surface area contributed by atoms with Crippen LogP contribution in [-0.4, -0.2) is 5.91 Å². The van der Waals surface area contributed by atoms with Gasteiger partial charge in [0.2, 0.25) is 0 Å². The Hall–Kier alpha value is -1.54. The number of carbonyl (C=O) groups is 1. The highest BCUT2D eigenvalue weighted by Crippen LogP contribution is 2.36. The van der Waals surface area contributed by atoms with Gasteiger partial charge in [-0.25, -0.2) is 0 Å². The lowest BCUT2D eigenvalue weighted by Crippen LogP contribution is -2.12. The topological polar surface area (TPSA) is 55.1 Å². The molecule has 3 nitrogen and oxygen atoms in total. The molecular formula is C13H10BrF3N2OS. The van der Waals surface area contributed by atoms with E-state index >= 15 is 0 Å². The molecule has 1 amide bonds. The number of nitrogens with one attached hydrogen (secondary N) is 1. The maximum atomic E-state index is 12.8. The van der Waals surface area contributed by atoms with Crippen molar-refractivity contribution < 1.29 is 18.0 Å². The smallest absolute Gasteiger partial charge is 0.398 e. The predicted molar refractivity (Wildman–Crippen MR) is 80.6 cm³/mol. The summed E-state index contributed by atoms with van der Waals surface area (Å²) in [6.07, 6.45) is -4.50. The molecule has 0 spiro atoms. The molecule has 0 aliphatic carbocycles. The Morgan fingerprint density at radius 3 is 2.52 bits per heavy atom. The van der Waals surface area contributed by atoms with Crippen molar-refractivity contribution >= 4 is 44.5 Å². The molecule has 0 atom stereocenters. The molecule has 0 bridgehead atoms. The van der Waals surface area contributed by atoms with E-state index in [-0.39, 0.29) is 10.2 Å². The molecule has 112 valence electrons. The van der Waals surface area contributed by atoms with Gasteiger partial charge in [0.25, 0.3) is 5.91 Å². The molecule has 1 aromatic carbocycles. The van der Waals surface area contributed by atoms with Crippen LogP contribution in [0.15, 0.2) is 28.7 Å². The van der Waals surface area contributed by atoms with Crippen LogP contribution in [0.25, 0.3) is 0 Å². The Bertz CT molecular complexity index is 678. The first kappa shape index (κ1) is 15.8. The summed E-state index contributed by atoms with van der Waals surface area (Å²) in [5.74, 6) is -0.491. The summed E-state index contributed by atoms with van der Waals surface area (Å²) in [7, 11) is 0. The van der Waals surface area contributed by atoms with Crippen LogP contribution in [0.5, 0.6) is 0 Å². The SMILES string of the molecule is Cc1sc(C(=O)Nc2ccc(Br)c(C(F)(F)F)c2)cc1N. The van der Waals surface area contributed by atoms with Crippen LogP contribution in [0.2, 0.25) is 0 Å². The van der Waals surface area contributed by atoms with Gasteiger partial charge in [-0.05, 0) is 31.2 Å². The molecule has 0 saturated carbocycles.